The number of guanidine groups is 1. The lowest BCUT2D eigenvalue weighted by molar-refractivity contribution is 0.0214. The summed E-state index contributed by atoms with van der Waals surface area (Å²) in [5.41, 5.74) is 0.643. The molecule has 1 saturated heterocycles. The van der Waals surface area contributed by atoms with Crippen LogP contribution in [0.4, 0.5) is 10.6 Å². The number of ether oxygens (including phenoxy) is 1. The van der Waals surface area contributed by atoms with Crippen LogP contribution in [0.25, 0.3) is 0 Å². The molecule has 0 bridgehead atoms. The topological polar surface area (TPSA) is 73.3 Å². The van der Waals surface area contributed by atoms with E-state index in [1.165, 1.54) is 0 Å². The third-order valence-electron chi connectivity index (χ3n) is 5.45. The second-order valence-corrected chi connectivity index (χ2v) is 9.50. The van der Waals surface area contributed by atoms with E-state index < -0.39 is 5.60 Å². The van der Waals surface area contributed by atoms with Crippen LogP contribution in [0.15, 0.2) is 23.3 Å². The summed E-state index contributed by atoms with van der Waals surface area (Å²) in [4.78, 5) is 28.0. The molecule has 1 aromatic rings. The van der Waals surface area contributed by atoms with Crippen molar-refractivity contribution in [1.82, 2.24) is 20.1 Å². The Balaban J connectivity index is 0.00000544. The SMILES string of the molecule is CCNC(=NCc1cccnc1N(C)C)N1CCC(CN(CC)C(=O)OC(C)(C)C)CC1.I. The molecule has 9 heteroatoms. The number of carbonyl (C=O) groups is 1. The van der Waals surface area contributed by atoms with Gasteiger partial charge in [0, 0.05) is 58.6 Å². The second kappa shape index (κ2) is 13.8. The first-order valence-corrected chi connectivity index (χ1v) is 11.8. The fourth-order valence-corrected chi connectivity index (χ4v) is 3.84. The molecule has 1 N–H and O–H groups in total. The Hall–Kier alpha value is -1.78. The zero-order valence-electron chi connectivity index (χ0n) is 21.4. The molecule has 33 heavy (non-hydrogen) atoms. The van der Waals surface area contributed by atoms with Gasteiger partial charge in [-0.25, -0.2) is 14.8 Å². The molecule has 188 valence electrons. The van der Waals surface area contributed by atoms with Crippen LogP contribution in [-0.2, 0) is 11.3 Å². The average Bonchev–Trinajstić information content (AvgIpc) is 2.74. The molecule has 0 aromatic carbocycles. The number of rotatable bonds is 7. The maximum absolute atomic E-state index is 12.5. The number of carbonyl (C=O) groups excluding carboxylic acids is 1. The number of halogens is 1. The highest BCUT2D eigenvalue weighted by Crippen LogP contribution is 2.21. The summed E-state index contributed by atoms with van der Waals surface area (Å²) in [7, 11) is 4.00. The van der Waals surface area contributed by atoms with Gasteiger partial charge in [0.25, 0.3) is 0 Å². The van der Waals surface area contributed by atoms with E-state index in [2.05, 4.69) is 28.2 Å². The van der Waals surface area contributed by atoms with Crippen molar-refractivity contribution in [3.05, 3.63) is 23.9 Å². The van der Waals surface area contributed by atoms with Crippen LogP contribution < -0.4 is 10.2 Å². The van der Waals surface area contributed by atoms with Gasteiger partial charge in [0.1, 0.15) is 11.4 Å². The Bertz CT molecular complexity index is 758. The summed E-state index contributed by atoms with van der Waals surface area (Å²) >= 11 is 0. The Morgan fingerprint density at radius 3 is 2.48 bits per heavy atom. The van der Waals surface area contributed by atoms with Crippen LogP contribution in [0.3, 0.4) is 0 Å². The van der Waals surface area contributed by atoms with Crippen molar-refractivity contribution in [2.75, 3.05) is 51.7 Å². The zero-order chi connectivity index (χ0) is 23.7. The molecule has 0 unspecified atom stereocenters. The molecule has 1 fully saturated rings. The van der Waals surface area contributed by atoms with Gasteiger partial charge in [-0.2, -0.15) is 0 Å². The largest absolute Gasteiger partial charge is 0.444 e. The Morgan fingerprint density at radius 2 is 1.94 bits per heavy atom. The van der Waals surface area contributed by atoms with E-state index in [0.29, 0.717) is 19.0 Å². The fourth-order valence-electron chi connectivity index (χ4n) is 3.84. The van der Waals surface area contributed by atoms with Crippen molar-refractivity contribution in [3.63, 3.8) is 0 Å². The molecular formula is C24H43IN6O2. The number of aliphatic imine (C=N–C) groups is 1. The summed E-state index contributed by atoms with van der Waals surface area (Å²) in [6, 6.07) is 4.04. The van der Waals surface area contributed by atoms with Crippen molar-refractivity contribution in [1.29, 1.82) is 0 Å². The van der Waals surface area contributed by atoms with Gasteiger partial charge in [-0.15, -0.1) is 24.0 Å². The number of anilines is 1. The van der Waals surface area contributed by atoms with Gasteiger partial charge in [0.05, 0.1) is 6.54 Å². The second-order valence-electron chi connectivity index (χ2n) is 9.50. The van der Waals surface area contributed by atoms with Gasteiger partial charge in [-0.05, 0) is 59.4 Å². The van der Waals surface area contributed by atoms with Gasteiger partial charge in [-0.3, -0.25) is 0 Å². The number of amides is 1. The van der Waals surface area contributed by atoms with E-state index in [9.17, 15) is 4.79 Å². The van der Waals surface area contributed by atoms with Crippen molar-refractivity contribution in [2.24, 2.45) is 10.9 Å². The minimum atomic E-state index is -0.466. The Labute approximate surface area is 217 Å². The Kier molecular flexibility index (Phi) is 12.2. The van der Waals surface area contributed by atoms with E-state index in [1.807, 2.05) is 63.9 Å². The molecule has 1 aromatic heterocycles. The van der Waals surface area contributed by atoms with Crippen LogP contribution in [0, 0.1) is 5.92 Å². The number of hydrogen-bond donors (Lipinski definition) is 1. The quantitative estimate of drug-likeness (QED) is 0.299. The predicted molar refractivity (Wildman–Crippen MR) is 147 cm³/mol. The molecule has 1 aliphatic rings. The highest BCUT2D eigenvalue weighted by atomic mass is 127. The van der Waals surface area contributed by atoms with E-state index in [4.69, 9.17) is 9.73 Å². The van der Waals surface area contributed by atoms with Gasteiger partial charge in [0.2, 0.25) is 0 Å². The number of likely N-dealkylation sites (tertiary alicyclic amines) is 1. The first kappa shape index (κ1) is 29.3. The fraction of sp³-hybridized carbons (Fsp3) is 0.708. The smallest absolute Gasteiger partial charge is 0.410 e. The molecule has 0 spiro atoms. The summed E-state index contributed by atoms with van der Waals surface area (Å²) in [5, 5.41) is 3.44. The van der Waals surface area contributed by atoms with E-state index in [-0.39, 0.29) is 30.1 Å². The third kappa shape index (κ3) is 9.54. The number of nitrogens with zero attached hydrogens (tertiary/aromatic N) is 5. The summed E-state index contributed by atoms with van der Waals surface area (Å²) in [6.07, 6.45) is 3.65. The highest BCUT2D eigenvalue weighted by Gasteiger charge is 2.27. The molecule has 2 heterocycles. The van der Waals surface area contributed by atoms with Crippen molar-refractivity contribution >= 4 is 41.8 Å². The van der Waals surface area contributed by atoms with Crippen LogP contribution in [-0.4, -0.2) is 79.3 Å². The number of hydrogen-bond acceptors (Lipinski definition) is 5. The standard InChI is InChI=1S/C24H42N6O2.HI/c1-8-25-22(27-17-20-11-10-14-26-21(20)28(6)7)30-15-12-19(13-16-30)18-29(9-2)23(31)32-24(3,4)5;/h10-11,14,19H,8-9,12-13,15-18H2,1-7H3,(H,25,27);1H. The summed E-state index contributed by atoms with van der Waals surface area (Å²) in [6.45, 7) is 14.5. The minimum absolute atomic E-state index is 0. The van der Waals surface area contributed by atoms with Gasteiger partial charge >= 0.3 is 6.09 Å². The van der Waals surface area contributed by atoms with Crippen LogP contribution >= 0.6 is 24.0 Å². The van der Waals surface area contributed by atoms with Crippen molar-refractivity contribution in [2.45, 2.75) is 59.6 Å². The number of piperidine rings is 1. The average molecular weight is 575 g/mol. The van der Waals surface area contributed by atoms with Gasteiger partial charge in [-0.1, -0.05) is 6.07 Å². The van der Waals surface area contributed by atoms with Crippen molar-refractivity contribution < 1.29 is 9.53 Å². The molecule has 1 amide bonds. The maximum Gasteiger partial charge on any atom is 0.410 e. The lowest BCUT2D eigenvalue weighted by Crippen LogP contribution is -2.47. The summed E-state index contributed by atoms with van der Waals surface area (Å²) < 4.78 is 5.56. The van der Waals surface area contributed by atoms with E-state index >= 15 is 0 Å². The summed E-state index contributed by atoms with van der Waals surface area (Å²) in [5.74, 6) is 2.37. The first-order valence-electron chi connectivity index (χ1n) is 11.8. The number of pyridine rings is 1. The molecule has 0 radical (unpaired) electrons. The van der Waals surface area contributed by atoms with Crippen LogP contribution in [0.2, 0.25) is 0 Å². The van der Waals surface area contributed by atoms with Crippen molar-refractivity contribution in [3.8, 4) is 0 Å². The molecule has 0 aliphatic carbocycles. The van der Waals surface area contributed by atoms with Gasteiger partial charge < -0.3 is 24.8 Å². The molecular weight excluding hydrogens is 531 g/mol. The highest BCUT2D eigenvalue weighted by molar-refractivity contribution is 14.0. The van der Waals surface area contributed by atoms with Crippen LogP contribution in [0.5, 0.6) is 0 Å². The third-order valence-corrected chi connectivity index (χ3v) is 5.45. The van der Waals surface area contributed by atoms with Crippen LogP contribution in [0.1, 0.15) is 53.0 Å². The molecule has 8 nitrogen and oxygen atoms in total. The van der Waals surface area contributed by atoms with Gasteiger partial charge in [0.15, 0.2) is 5.96 Å². The molecule has 0 saturated carbocycles. The lowest BCUT2D eigenvalue weighted by atomic mass is 9.96. The Morgan fingerprint density at radius 1 is 1.27 bits per heavy atom. The molecule has 0 atom stereocenters. The zero-order valence-corrected chi connectivity index (χ0v) is 23.8. The maximum atomic E-state index is 12.5. The first-order chi connectivity index (χ1) is 15.1. The van der Waals surface area contributed by atoms with E-state index in [1.54, 1.807) is 0 Å². The number of nitrogens with one attached hydrogen (secondary N) is 1. The molecule has 1 aliphatic heterocycles. The monoisotopic (exact) mass is 574 g/mol. The normalized spacial score (nSPS) is 15.0. The molecule has 2 rings (SSSR count). The minimum Gasteiger partial charge on any atom is -0.444 e. The van der Waals surface area contributed by atoms with E-state index in [0.717, 1.165) is 56.4 Å². The number of aromatic nitrogens is 1. The predicted octanol–water partition coefficient (Wildman–Crippen LogP) is 4.20. The lowest BCUT2D eigenvalue weighted by Gasteiger charge is -2.36.